The average molecular weight is 293 g/mol. The van der Waals surface area contributed by atoms with E-state index in [-0.39, 0.29) is 17.8 Å². The molecule has 0 radical (unpaired) electrons. The highest BCUT2D eigenvalue weighted by atomic mass is 19.4. The summed E-state index contributed by atoms with van der Waals surface area (Å²) in [6.07, 6.45) is -4.38. The molecule has 0 spiro atoms. The lowest BCUT2D eigenvalue weighted by Gasteiger charge is -2.27. The number of nitrogens with one attached hydrogen (secondary N) is 3. The molecule has 20 heavy (non-hydrogen) atoms. The second-order valence-electron chi connectivity index (χ2n) is 4.10. The van der Waals surface area contributed by atoms with Gasteiger partial charge in [-0.1, -0.05) is 0 Å². The van der Waals surface area contributed by atoms with Gasteiger partial charge in [0.1, 0.15) is 6.54 Å². The van der Waals surface area contributed by atoms with Crippen LogP contribution in [-0.2, 0) is 0 Å². The summed E-state index contributed by atoms with van der Waals surface area (Å²) < 4.78 is 36.5. The summed E-state index contributed by atoms with van der Waals surface area (Å²) in [6, 6.07) is 0. The molecule has 0 atom stereocenters. The van der Waals surface area contributed by atoms with Crippen molar-refractivity contribution in [3.05, 3.63) is 0 Å². The van der Waals surface area contributed by atoms with E-state index in [1.807, 2.05) is 0 Å². The van der Waals surface area contributed by atoms with Gasteiger partial charge in [-0.3, -0.25) is 5.21 Å². The van der Waals surface area contributed by atoms with E-state index in [4.69, 9.17) is 5.21 Å². The van der Waals surface area contributed by atoms with Crippen molar-refractivity contribution in [1.29, 1.82) is 0 Å². The molecule has 8 nitrogen and oxygen atoms in total. The Bertz CT molecular complexity index is 450. The number of aromatic nitrogens is 3. The molecule has 0 aromatic carbocycles. The fourth-order valence-electron chi connectivity index (χ4n) is 1.68. The predicted octanol–water partition coefficient (Wildman–Crippen LogP) is 0.0565. The quantitative estimate of drug-likeness (QED) is 0.578. The van der Waals surface area contributed by atoms with Gasteiger partial charge in [0.15, 0.2) is 0 Å². The van der Waals surface area contributed by atoms with Gasteiger partial charge in [0.2, 0.25) is 11.9 Å². The van der Waals surface area contributed by atoms with Crippen molar-refractivity contribution < 1.29 is 18.4 Å². The van der Waals surface area contributed by atoms with Crippen LogP contribution in [0.5, 0.6) is 0 Å². The van der Waals surface area contributed by atoms with Gasteiger partial charge in [0, 0.05) is 26.2 Å². The standard InChI is InChI=1S/C9H14F3N7O/c10-9(11,12)5-14-6-15-7(18-20)17-8(16-6)19-3-1-13-2-4-19/h13,20H,1-5H2,(H2,14,15,16,17,18). The van der Waals surface area contributed by atoms with Crippen molar-refractivity contribution in [3.8, 4) is 0 Å². The molecule has 2 rings (SSSR count). The van der Waals surface area contributed by atoms with Gasteiger partial charge < -0.3 is 15.5 Å². The van der Waals surface area contributed by atoms with Crippen molar-refractivity contribution in [2.24, 2.45) is 0 Å². The summed E-state index contributed by atoms with van der Waals surface area (Å²) in [4.78, 5) is 13.2. The van der Waals surface area contributed by atoms with E-state index in [0.29, 0.717) is 13.1 Å². The van der Waals surface area contributed by atoms with Crippen LogP contribution in [0.2, 0.25) is 0 Å². The SMILES string of the molecule is ONc1nc(NCC(F)(F)F)nc(N2CCNCC2)n1. The molecular formula is C9H14F3N7O. The van der Waals surface area contributed by atoms with Gasteiger partial charge in [0.05, 0.1) is 0 Å². The molecule has 112 valence electrons. The van der Waals surface area contributed by atoms with E-state index >= 15 is 0 Å². The van der Waals surface area contributed by atoms with Crippen molar-refractivity contribution >= 4 is 17.8 Å². The molecule has 1 aliphatic rings. The summed E-state index contributed by atoms with van der Waals surface area (Å²) in [6.45, 7) is 1.42. The van der Waals surface area contributed by atoms with Crippen LogP contribution in [0, 0.1) is 0 Å². The molecule has 11 heteroatoms. The number of nitrogens with zero attached hydrogens (tertiary/aromatic N) is 4. The topological polar surface area (TPSA) is 98.2 Å². The zero-order valence-corrected chi connectivity index (χ0v) is 10.4. The maximum absolute atomic E-state index is 12.2. The molecule has 0 amide bonds. The van der Waals surface area contributed by atoms with Gasteiger partial charge in [-0.2, -0.15) is 28.1 Å². The number of halogens is 3. The molecule has 1 fully saturated rings. The Hall–Kier alpha value is -1.88. The third-order valence-electron chi connectivity index (χ3n) is 2.57. The number of alkyl halides is 3. The van der Waals surface area contributed by atoms with E-state index in [1.165, 1.54) is 0 Å². The highest BCUT2D eigenvalue weighted by molar-refractivity contribution is 5.43. The second kappa shape index (κ2) is 6.05. The Labute approximate surface area is 112 Å². The molecule has 0 saturated carbocycles. The first-order chi connectivity index (χ1) is 9.48. The molecule has 1 saturated heterocycles. The van der Waals surface area contributed by atoms with Crippen LogP contribution in [0.3, 0.4) is 0 Å². The number of rotatable bonds is 4. The third-order valence-corrected chi connectivity index (χ3v) is 2.57. The second-order valence-corrected chi connectivity index (χ2v) is 4.10. The average Bonchev–Trinajstić information content (AvgIpc) is 2.45. The van der Waals surface area contributed by atoms with Crippen LogP contribution in [0.15, 0.2) is 0 Å². The molecule has 1 aromatic rings. The largest absolute Gasteiger partial charge is 0.405 e. The predicted molar refractivity (Wildman–Crippen MR) is 64.9 cm³/mol. The monoisotopic (exact) mass is 293 g/mol. The molecule has 1 aromatic heterocycles. The Balaban J connectivity index is 2.15. The van der Waals surface area contributed by atoms with Crippen molar-refractivity contribution in [2.45, 2.75) is 6.18 Å². The smallest absolute Gasteiger partial charge is 0.345 e. The normalized spacial score (nSPS) is 16.1. The van der Waals surface area contributed by atoms with E-state index < -0.39 is 12.7 Å². The Morgan fingerprint density at radius 2 is 1.80 bits per heavy atom. The summed E-state index contributed by atoms with van der Waals surface area (Å²) in [5.41, 5.74) is 1.72. The minimum atomic E-state index is -4.38. The van der Waals surface area contributed by atoms with Crippen LogP contribution < -0.4 is 21.0 Å². The van der Waals surface area contributed by atoms with Crippen LogP contribution in [-0.4, -0.2) is 59.1 Å². The molecule has 4 N–H and O–H groups in total. The lowest BCUT2D eigenvalue weighted by atomic mass is 10.4. The Kier molecular flexibility index (Phi) is 4.39. The maximum Gasteiger partial charge on any atom is 0.405 e. The highest BCUT2D eigenvalue weighted by Gasteiger charge is 2.27. The van der Waals surface area contributed by atoms with E-state index in [9.17, 15) is 13.2 Å². The summed E-state index contributed by atoms with van der Waals surface area (Å²) >= 11 is 0. The van der Waals surface area contributed by atoms with Gasteiger partial charge in [-0.25, -0.2) is 5.48 Å². The summed E-state index contributed by atoms with van der Waals surface area (Å²) in [5, 5.41) is 14.0. The zero-order valence-electron chi connectivity index (χ0n) is 10.4. The molecule has 0 aliphatic carbocycles. The fourth-order valence-corrected chi connectivity index (χ4v) is 1.68. The summed E-state index contributed by atoms with van der Waals surface area (Å²) in [5.74, 6) is -0.247. The van der Waals surface area contributed by atoms with Gasteiger partial charge in [-0.05, 0) is 0 Å². The van der Waals surface area contributed by atoms with Crippen molar-refractivity contribution in [3.63, 3.8) is 0 Å². The minimum Gasteiger partial charge on any atom is -0.345 e. The first-order valence-electron chi connectivity index (χ1n) is 5.90. The Morgan fingerprint density at radius 3 is 2.40 bits per heavy atom. The third kappa shape index (κ3) is 4.06. The lowest BCUT2D eigenvalue weighted by molar-refractivity contribution is -0.115. The van der Waals surface area contributed by atoms with E-state index in [2.05, 4.69) is 25.6 Å². The van der Waals surface area contributed by atoms with Crippen LogP contribution in [0.1, 0.15) is 0 Å². The number of piperazine rings is 1. The zero-order chi connectivity index (χ0) is 14.6. The first-order valence-corrected chi connectivity index (χ1v) is 5.90. The van der Waals surface area contributed by atoms with Gasteiger partial charge in [0.25, 0.3) is 5.95 Å². The Morgan fingerprint density at radius 1 is 1.15 bits per heavy atom. The first kappa shape index (κ1) is 14.5. The minimum absolute atomic E-state index is 0.210. The molecule has 0 bridgehead atoms. The van der Waals surface area contributed by atoms with E-state index in [1.54, 1.807) is 10.4 Å². The summed E-state index contributed by atoms with van der Waals surface area (Å²) in [7, 11) is 0. The van der Waals surface area contributed by atoms with Crippen LogP contribution in [0.4, 0.5) is 31.0 Å². The van der Waals surface area contributed by atoms with Crippen molar-refractivity contribution in [2.75, 3.05) is 48.4 Å². The lowest BCUT2D eigenvalue weighted by Crippen LogP contribution is -2.44. The highest BCUT2D eigenvalue weighted by Crippen LogP contribution is 2.17. The molecule has 1 aliphatic heterocycles. The fraction of sp³-hybridized carbons (Fsp3) is 0.667. The maximum atomic E-state index is 12.2. The van der Waals surface area contributed by atoms with Crippen LogP contribution >= 0.6 is 0 Å². The number of anilines is 3. The van der Waals surface area contributed by atoms with Gasteiger partial charge >= 0.3 is 6.18 Å². The van der Waals surface area contributed by atoms with Gasteiger partial charge in [-0.15, -0.1) is 0 Å². The molecule has 0 unspecified atom stereocenters. The van der Waals surface area contributed by atoms with E-state index in [0.717, 1.165) is 13.1 Å². The number of hydrogen-bond acceptors (Lipinski definition) is 8. The number of hydrogen-bond donors (Lipinski definition) is 4. The van der Waals surface area contributed by atoms with Crippen LogP contribution in [0.25, 0.3) is 0 Å². The van der Waals surface area contributed by atoms with Crippen molar-refractivity contribution in [1.82, 2.24) is 20.3 Å². The molecule has 2 heterocycles. The molecular weight excluding hydrogens is 279 g/mol.